The summed E-state index contributed by atoms with van der Waals surface area (Å²) in [5.74, 6) is 0.268. The fraction of sp³-hybridized carbons (Fsp3) is 0.409. The second-order valence-electron chi connectivity index (χ2n) is 7.53. The predicted octanol–water partition coefficient (Wildman–Crippen LogP) is 3.75. The summed E-state index contributed by atoms with van der Waals surface area (Å²) in [6.07, 6.45) is 0.738. The molecular weight excluding hydrogens is 372 g/mol. The van der Waals surface area contributed by atoms with Gasteiger partial charge in [0.25, 0.3) is 0 Å². The van der Waals surface area contributed by atoms with Crippen molar-refractivity contribution in [2.24, 2.45) is 0 Å². The molecule has 2 aromatic heterocycles. The van der Waals surface area contributed by atoms with E-state index in [1.807, 2.05) is 19.9 Å². The molecule has 4 rings (SSSR count). The summed E-state index contributed by atoms with van der Waals surface area (Å²) in [5.41, 5.74) is 4.06. The third-order valence-electron chi connectivity index (χ3n) is 5.60. The molecule has 148 valence electrons. The molecule has 6 heteroatoms. The maximum atomic E-state index is 11.9. The van der Waals surface area contributed by atoms with Gasteiger partial charge in [-0.2, -0.15) is 11.3 Å². The number of phenolic OH excluding ortho intramolecular Hbond substituents is 1. The minimum absolute atomic E-state index is 0.268. The number of thiophene rings is 1. The van der Waals surface area contributed by atoms with Crippen molar-refractivity contribution >= 4 is 22.3 Å². The van der Waals surface area contributed by atoms with Crippen LogP contribution in [0, 0.1) is 6.92 Å². The molecule has 1 aliphatic rings. The van der Waals surface area contributed by atoms with Crippen LogP contribution in [0.25, 0.3) is 11.0 Å². The van der Waals surface area contributed by atoms with Gasteiger partial charge in [0, 0.05) is 50.7 Å². The summed E-state index contributed by atoms with van der Waals surface area (Å²) in [7, 11) is 0. The lowest BCUT2D eigenvalue weighted by molar-refractivity contribution is 0.121. The minimum Gasteiger partial charge on any atom is -0.507 e. The highest BCUT2D eigenvalue weighted by atomic mass is 32.1. The second kappa shape index (κ2) is 8.07. The fourth-order valence-corrected chi connectivity index (χ4v) is 4.61. The molecule has 0 aliphatic carbocycles. The normalized spacial score (nSPS) is 16.1. The zero-order valence-corrected chi connectivity index (χ0v) is 17.2. The highest BCUT2D eigenvalue weighted by molar-refractivity contribution is 7.07. The van der Waals surface area contributed by atoms with Crippen LogP contribution in [0.2, 0.25) is 0 Å². The van der Waals surface area contributed by atoms with Crippen molar-refractivity contribution in [1.29, 1.82) is 0 Å². The van der Waals surface area contributed by atoms with Gasteiger partial charge in [-0.1, -0.05) is 6.92 Å². The van der Waals surface area contributed by atoms with Crippen LogP contribution < -0.4 is 5.63 Å². The Morgan fingerprint density at radius 2 is 1.86 bits per heavy atom. The van der Waals surface area contributed by atoms with Crippen molar-refractivity contribution in [3.05, 3.63) is 61.6 Å². The Kier molecular flexibility index (Phi) is 5.53. The minimum atomic E-state index is -0.365. The SMILES string of the molecule is CCc1cc2c(C)cc(=O)oc2c(CN2CCN(Cc3ccsc3)CC2)c1O. The number of fused-ring (bicyclic) bond motifs is 1. The van der Waals surface area contributed by atoms with Gasteiger partial charge in [0.1, 0.15) is 11.3 Å². The lowest BCUT2D eigenvalue weighted by Crippen LogP contribution is -2.45. The molecule has 1 saturated heterocycles. The Morgan fingerprint density at radius 3 is 2.50 bits per heavy atom. The average molecular weight is 399 g/mol. The summed E-state index contributed by atoms with van der Waals surface area (Å²) in [6, 6.07) is 5.65. The van der Waals surface area contributed by atoms with Crippen LogP contribution in [0.3, 0.4) is 0 Å². The fourth-order valence-electron chi connectivity index (χ4n) is 3.95. The number of nitrogens with zero attached hydrogens (tertiary/aromatic N) is 2. The van der Waals surface area contributed by atoms with Crippen molar-refractivity contribution in [1.82, 2.24) is 9.80 Å². The number of benzene rings is 1. The van der Waals surface area contributed by atoms with E-state index in [1.165, 1.54) is 11.6 Å². The quantitative estimate of drug-likeness (QED) is 0.664. The zero-order chi connectivity index (χ0) is 19.7. The Hall–Kier alpha value is -2.15. The number of aromatic hydroxyl groups is 1. The van der Waals surface area contributed by atoms with Gasteiger partial charge in [0.15, 0.2) is 0 Å². The van der Waals surface area contributed by atoms with Gasteiger partial charge in [-0.25, -0.2) is 4.79 Å². The Bertz CT molecular complexity index is 1020. The zero-order valence-electron chi connectivity index (χ0n) is 16.4. The topological polar surface area (TPSA) is 56.9 Å². The molecule has 3 aromatic rings. The van der Waals surface area contributed by atoms with E-state index < -0.39 is 0 Å². The van der Waals surface area contributed by atoms with Crippen LogP contribution in [0.5, 0.6) is 5.75 Å². The number of rotatable bonds is 5. The van der Waals surface area contributed by atoms with E-state index in [2.05, 4.69) is 26.6 Å². The van der Waals surface area contributed by atoms with Crippen LogP contribution in [-0.4, -0.2) is 41.1 Å². The smallest absolute Gasteiger partial charge is 0.336 e. The van der Waals surface area contributed by atoms with Crippen LogP contribution in [-0.2, 0) is 19.5 Å². The van der Waals surface area contributed by atoms with Crippen LogP contribution >= 0.6 is 11.3 Å². The largest absolute Gasteiger partial charge is 0.507 e. The molecule has 1 aliphatic heterocycles. The summed E-state index contributed by atoms with van der Waals surface area (Å²) in [6.45, 7) is 9.37. The lowest BCUT2D eigenvalue weighted by atomic mass is 9.99. The van der Waals surface area contributed by atoms with E-state index in [1.54, 1.807) is 11.3 Å². The Labute approximate surface area is 168 Å². The Morgan fingerprint density at radius 1 is 1.14 bits per heavy atom. The van der Waals surface area contributed by atoms with Gasteiger partial charge in [-0.15, -0.1) is 0 Å². The first-order valence-corrected chi connectivity index (χ1v) is 10.7. The number of hydrogen-bond donors (Lipinski definition) is 1. The van der Waals surface area contributed by atoms with E-state index in [0.29, 0.717) is 12.1 Å². The molecule has 3 heterocycles. The third-order valence-corrected chi connectivity index (χ3v) is 6.34. The second-order valence-corrected chi connectivity index (χ2v) is 8.31. The molecule has 0 unspecified atom stereocenters. The summed E-state index contributed by atoms with van der Waals surface area (Å²) < 4.78 is 5.54. The monoisotopic (exact) mass is 398 g/mol. The first-order valence-electron chi connectivity index (χ1n) is 9.79. The number of aryl methyl sites for hydroxylation is 2. The van der Waals surface area contributed by atoms with Crippen molar-refractivity contribution in [2.45, 2.75) is 33.4 Å². The van der Waals surface area contributed by atoms with Gasteiger partial charge < -0.3 is 9.52 Å². The molecule has 1 fully saturated rings. The van der Waals surface area contributed by atoms with Crippen molar-refractivity contribution in [3.8, 4) is 5.75 Å². The van der Waals surface area contributed by atoms with Crippen molar-refractivity contribution in [3.63, 3.8) is 0 Å². The van der Waals surface area contributed by atoms with Gasteiger partial charge in [-0.05, 0) is 52.9 Å². The van der Waals surface area contributed by atoms with Gasteiger partial charge in [0.2, 0.25) is 0 Å². The van der Waals surface area contributed by atoms with Crippen molar-refractivity contribution < 1.29 is 9.52 Å². The van der Waals surface area contributed by atoms with Crippen LogP contribution in [0.15, 0.2) is 38.2 Å². The summed E-state index contributed by atoms with van der Waals surface area (Å²) in [5, 5.41) is 16.1. The van der Waals surface area contributed by atoms with E-state index in [-0.39, 0.29) is 11.4 Å². The van der Waals surface area contributed by atoms with Crippen molar-refractivity contribution in [2.75, 3.05) is 26.2 Å². The molecular formula is C22H26N2O3S. The Balaban J connectivity index is 1.56. The van der Waals surface area contributed by atoms with Crippen LogP contribution in [0.1, 0.15) is 29.2 Å². The van der Waals surface area contributed by atoms with Gasteiger partial charge in [0.05, 0.1) is 5.56 Å². The van der Waals surface area contributed by atoms with E-state index in [9.17, 15) is 9.90 Å². The molecule has 5 nitrogen and oxygen atoms in total. The molecule has 0 radical (unpaired) electrons. The summed E-state index contributed by atoms with van der Waals surface area (Å²) >= 11 is 1.74. The lowest BCUT2D eigenvalue weighted by Gasteiger charge is -2.34. The molecule has 0 atom stereocenters. The van der Waals surface area contributed by atoms with E-state index in [0.717, 1.165) is 61.2 Å². The number of hydrogen-bond acceptors (Lipinski definition) is 6. The molecule has 0 amide bonds. The van der Waals surface area contributed by atoms with E-state index >= 15 is 0 Å². The number of piperazine rings is 1. The average Bonchev–Trinajstić information content (AvgIpc) is 3.18. The maximum absolute atomic E-state index is 11.9. The molecule has 0 bridgehead atoms. The van der Waals surface area contributed by atoms with E-state index in [4.69, 9.17) is 4.42 Å². The third kappa shape index (κ3) is 3.85. The molecule has 0 spiro atoms. The number of phenols is 1. The first-order chi connectivity index (χ1) is 13.5. The highest BCUT2D eigenvalue weighted by Gasteiger charge is 2.22. The van der Waals surface area contributed by atoms with Gasteiger partial charge in [-0.3, -0.25) is 9.80 Å². The first kappa shape index (κ1) is 19.2. The standard InChI is InChI=1S/C22H26N2O3S/c1-3-17-11-18-15(2)10-20(25)27-22(18)19(21(17)26)13-24-7-5-23(6-8-24)12-16-4-9-28-14-16/h4,9-11,14,26H,3,5-8,12-13H2,1-2H3. The predicted molar refractivity (Wildman–Crippen MR) is 113 cm³/mol. The molecule has 1 aromatic carbocycles. The molecule has 0 saturated carbocycles. The highest BCUT2D eigenvalue weighted by Crippen LogP contribution is 2.33. The maximum Gasteiger partial charge on any atom is 0.336 e. The summed E-state index contributed by atoms with van der Waals surface area (Å²) in [4.78, 5) is 16.7. The van der Waals surface area contributed by atoms with Crippen LogP contribution in [0.4, 0.5) is 0 Å². The molecule has 1 N–H and O–H groups in total. The molecule has 28 heavy (non-hydrogen) atoms. The van der Waals surface area contributed by atoms with Gasteiger partial charge >= 0.3 is 5.63 Å².